The van der Waals surface area contributed by atoms with Gasteiger partial charge in [-0.15, -0.1) is 0 Å². The average molecular weight is 239 g/mol. The van der Waals surface area contributed by atoms with Gasteiger partial charge >= 0.3 is 6.01 Å². The molecule has 0 radical (unpaired) electrons. The van der Waals surface area contributed by atoms with Gasteiger partial charge in [-0.1, -0.05) is 13.3 Å². The summed E-state index contributed by atoms with van der Waals surface area (Å²) in [5, 5.41) is 2.64. The van der Waals surface area contributed by atoms with Crippen LogP contribution >= 0.6 is 0 Å². The highest BCUT2D eigenvalue weighted by Crippen LogP contribution is 2.15. The van der Waals surface area contributed by atoms with Crippen molar-refractivity contribution in [2.75, 3.05) is 11.9 Å². The number of carbonyl (C=O) groups is 1. The Morgan fingerprint density at radius 1 is 1.59 bits per heavy atom. The maximum atomic E-state index is 11.6. The molecule has 1 aromatic heterocycles. The molecule has 1 rings (SSSR count). The van der Waals surface area contributed by atoms with Crippen molar-refractivity contribution in [1.82, 2.24) is 4.98 Å². The number of nitrogens with zero attached hydrogens (tertiary/aromatic N) is 1. The summed E-state index contributed by atoms with van der Waals surface area (Å²) < 4.78 is 5.05. The molecule has 5 nitrogen and oxygen atoms in total. The number of carbonyl (C=O) groups excluding carboxylic acids is 1. The quantitative estimate of drug-likeness (QED) is 0.763. The molecule has 1 aromatic rings. The van der Waals surface area contributed by atoms with Crippen molar-refractivity contribution >= 4 is 11.9 Å². The van der Waals surface area contributed by atoms with E-state index in [4.69, 9.17) is 10.2 Å². The molecule has 0 aliphatic heterocycles. The van der Waals surface area contributed by atoms with Gasteiger partial charge in [0.05, 0.1) is 5.69 Å². The second-order valence-corrected chi connectivity index (χ2v) is 4.23. The minimum atomic E-state index is -0.0534. The lowest BCUT2D eigenvalue weighted by molar-refractivity contribution is -0.116. The van der Waals surface area contributed by atoms with E-state index in [0.29, 0.717) is 18.9 Å². The molecule has 0 aliphatic rings. The van der Waals surface area contributed by atoms with Crippen LogP contribution in [-0.2, 0) is 4.79 Å². The zero-order chi connectivity index (χ0) is 12.7. The van der Waals surface area contributed by atoms with Crippen LogP contribution in [0.25, 0.3) is 0 Å². The second-order valence-electron chi connectivity index (χ2n) is 4.23. The van der Waals surface area contributed by atoms with Crippen LogP contribution in [0.15, 0.2) is 10.7 Å². The summed E-state index contributed by atoms with van der Waals surface area (Å²) in [5.41, 5.74) is 6.27. The van der Waals surface area contributed by atoms with Crippen LogP contribution in [0.5, 0.6) is 0 Å². The maximum absolute atomic E-state index is 11.6. The topological polar surface area (TPSA) is 81.2 Å². The summed E-state index contributed by atoms with van der Waals surface area (Å²) >= 11 is 0. The fourth-order valence-corrected chi connectivity index (χ4v) is 1.72. The SMILES string of the molecule is CCC(CCN)CCC(=O)Nc1nc(C)co1. The molecule has 1 atom stereocenters. The van der Waals surface area contributed by atoms with Crippen LogP contribution in [0.1, 0.15) is 38.3 Å². The molecule has 5 heteroatoms. The van der Waals surface area contributed by atoms with Crippen molar-refractivity contribution in [3.05, 3.63) is 12.0 Å². The minimum Gasteiger partial charge on any atom is -0.432 e. The number of rotatable bonds is 7. The largest absolute Gasteiger partial charge is 0.432 e. The Labute approximate surface area is 102 Å². The molecule has 0 fully saturated rings. The number of oxazole rings is 1. The molecule has 0 spiro atoms. The van der Waals surface area contributed by atoms with E-state index < -0.39 is 0 Å². The summed E-state index contributed by atoms with van der Waals surface area (Å²) in [5.74, 6) is 0.472. The highest BCUT2D eigenvalue weighted by atomic mass is 16.4. The van der Waals surface area contributed by atoms with Gasteiger partial charge in [0.1, 0.15) is 6.26 Å². The van der Waals surface area contributed by atoms with Gasteiger partial charge in [-0.05, 0) is 32.2 Å². The molecule has 1 unspecified atom stereocenters. The minimum absolute atomic E-state index is 0.0534. The molecule has 0 bridgehead atoms. The predicted octanol–water partition coefficient (Wildman–Crippen LogP) is 2.08. The Kier molecular flexibility index (Phi) is 5.69. The smallest absolute Gasteiger partial charge is 0.301 e. The molecule has 0 saturated heterocycles. The van der Waals surface area contributed by atoms with E-state index in [9.17, 15) is 4.79 Å². The van der Waals surface area contributed by atoms with Gasteiger partial charge in [0.2, 0.25) is 5.91 Å². The first-order chi connectivity index (χ1) is 8.15. The fraction of sp³-hybridized carbons (Fsp3) is 0.667. The number of hydrogen-bond donors (Lipinski definition) is 2. The summed E-state index contributed by atoms with van der Waals surface area (Å²) in [4.78, 5) is 15.6. The van der Waals surface area contributed by atoms with Gasteiger partial charge in [0, 0.05) is 6.42 Å². The molecule has 0 aromatic carbocycles. The van der Waals surface area contributed by atoms with E-state index in [0.717, 1.165) is 25.0 Å². The van der Waals surface area contributed by atoms with Crippen LogP contribution in [-0.4, -0.2) is 17.4 Å². The number of aromatic nitrogens is 1. The van der Waals surface area contributed by atoms with E-state index in [2.05, 4.69) is 17.2 Å². The van der Waals surface area contributed by atoms with Crippen LogP contribution in [0.4, 0.5) is 6.01 Å². The monoisotopic (exact) mass is 239 g/mol. The number of nitrogens with two attached hydrogens (primary N) is 1. The van der Waals surface area contributed by atoms with Crippen molar-refractivity contribution in [1.29, 1.82) is 0 Å². The Morgan fingerprint density at radius 2 is 2.35 bits per heavy atom. The van der Waals surface area contributed by atoms with Crippen LogP contribution in [0.3, 0.4) is 0 Å². The normalized spacial score (nSPS) is 12.4. The highest BCUT2D eigenvalue weighted by Gasteiger charge is 2.10. The zero-order valence-electron chi connectivity index (χ0n) is 10.5. The van der Waals surface area contributed by atoms with E-state index in [-0.39, 0.29) is 11.9 Å². The number of amides is 1. The van der Waals surface area contributed by atoms with E-state index in [1.807, 2.05) is 6.92 Å². The fourth-order valence-electron chi connectivity index (χ4n) is 1.72. The maximum Gasteiger partial charge on any atom is 0.301 e. The van der Waals surface area contributed by atoms with Crippen LogP contribution in [0.2, 0.25) is 0 Å². The van der Waals surface area contributed by atoms with Crippen molar-refractivity contribution < 1.29 is 9.21 Å². The summed E-state index contributed by atoms with van der Waals surface area (Å²) in [6, 6.07) is 0.277. The van der Waals surface area contributed by atoms with Crippen LogP contribution in [0, 0.1) is 12.8 Å². The first kappa shape index (κ1) is 13.7. The Bertz CT molecular complexity index is 349. The third-order valence-corrected chi connectivity index (χ3v) is 2.80. The molecule has 3 N–H and O–H groups in total. The van der Waals surface area contributed by atoms with Gasteiger partial charge < -0.3 is 10.2 Å². The van der Waals surface area contributed by atoms with E-state index >= 15 is 0 Å². The standard InChI is InChI=1S/C12H21N3O2/c1-3-10(6-7-13)4-5-11(16)15-12-14-9(2)8-17-12/h8,10H,3-7,13H2,1-2H3,(H,14,15,16). The summed E-state index contributed by atoms with van der Waals surface area (Å²) in [6.45, 7) is 4.61. The zero-order valence-corrected chi connectivity index (χ0v) is 10.5. The number of nitrogens with one attached hydrogen (secondary N) is 1. The molecule has 96 valence electrons. The summed E-state index contributed by atoms with van der Waals surface area (Å²) in [7, 11) is 0. The lowest BCUT2D eigenvalue weighted by Crippen LogP contribution is -2.15. The lowest BCUT2D eigenvalue weighted by atomic mass is 9.96. The van der Waals surface area contributed by atoms with E-state index in [1.54, 1.807) is 0 Å². The molecular weight excluding hydrogens is 218 g/mol. The second kappa shape index (κ2) is 7.06. The van der Waals surface area contributed by atoms with Crippen molar-refractivity contribution in [2.45, 2.75) is 39.5 Å². The molecule has 17 heavy (non-hydrogen) atoms. The van der Waals surface area contributed by atoms with Gasteiger partial charge in [-0.25, -0.2) is 0 Å². The molecule has 1 amide bonds. The number of anilines is 1. The molecule has 0 aliphatic carbocycles. The Morgan fingerprint density at radius 3 is 2.88 bits per heavy atom. The van der Waals surface area contributed by atoms with Gasteiger partial charge in [0.15, 0.2) is 0 Å². The molecule has 1 heterocycles. The van der Waals surface area contributed by atoms with Gasteiger partial charge in [-0.2, -0.15) is 4.98 Å². The van der Waals surface area contributed by atoms with Gasteiger partial charge in [-0.3, -0.25) is 10.1 Å². The first-order valence-electron chi connectivity index (χ1n) is 6.07. The number of aryl methyl sites for hydroxylation is 1. The third kappa shape index (κ3) is 4.99. The average Bonchev–Trinajstić information content (AvgIpc) is 2.70. The first-order valence-corrected chi connectivity index (χ1v) is 6.07. The van der Waals surface area contributed by atoms with Crippen molar-refractivity contribution in [2.24, 2.45) is 11.7 Å². The number of hydrogen-bond acceptors (Lipinski definition) is 4. The predicted molar refractivity (Wildman–Crippen MR) is 66.6 cm³/mol. The van der Waals surface area contributed by atoms with Crippen molar-refractivity contribution in [3.8, 4) is 0 Å². The Hall–Kier alpha value is -1.36. The lowest BCUT2D eigenvalue weighted by Gasteiger charge is -2.12. The summed E-state index contributed by atoms with van der Waals surface area (Å²) in [6.07, 6.45) is 4.89. The van der Waals surface area contributed by atoms with Gasteiger partial charge in [0.25, 0.3) is 0 Å². The van der Waals surface area contributed by atoms with Crippen molar-refractivity contribution in [3.63, 3.8) is 0 Å². The van der Waals surface area contributed by atoms with Crippen LogP contribution < -0.4 is 11.1 Å². The van der Waals surface area contributed by atoms with E-state index in [1.165, 1.54) is 6.26 Å². The highest BCUT2D eigenvalue weighted by molar-refractivity contribution is 5.88. The Balaban J connectivity index is 2.29. The third-order valence-electron chi connectivity index (χ3n) is 2.80. The molecular formula is C12H21N3O2. The molecule has 0 saturated carbocycles.